The van der Waals surface area contributed by atoms with Crippen LogP contribution in [0.15, 0.2) is 39.9 Å². The summed E-state index contributed by atoms with van der Waals surface area (Å²) in [5, 5.41) is 4.49. The molecule has 2 aromatic rings. The van der Waals surface area contributed by atoms with Gasteiger partial charge >= 0.3 is 0 Å². The highest BCUT2D eigenvalue weighted by molar-refractivity contribution is 9.10. The Balaban J connectivity index is 1.77. The number of fused-ring (bicyclic) bond motifs is 2. The predicted octanol–water partition coefficient (Wildman–Crippen LogP) is 3.39. The molecule has 0 aliphatic carbocycles. The Morgan fingerprint density at radius 1 is 1.36 bits per heavy atom. The summed E-state index contributed by atoms with van der Waals surface area (Å²) in [6, 6.07) is 9.59. The van der Waals surface area contributed by atoms with Crippen molar-refractivity contribution in [1.29, 1.82) is 0 Å². The molecule has 2 aliphatic rings. The van der Waals surface area contributed by atoms with E-state index in [-0.39, 0.29) is 18.0 Å². The Kier molecular flexibility index (Phi) is 5.38. The Hall–Kier alpha value is -2.36. The highest BCUT2D eigenvalue weighted by atomic mass is 79.9. The fraction of sp³-hybridized carbons (Fsp3) is 0.263. The van der Waals surface area contributed by atoms with Crippen molar-refractivity contribution >= 4 is 39.0 Å². The van der Waals surface area contributed by atoms with Gasteiger partial charge in [0.15, 0.2) is 11.9 Å². The highest BCUT2D eigenvalue weighted by Gasteiger charge is 2.31. The van der Waals surface area contributed by atoms with Gasteiger partial charge in [-0.2, -0.15) is 5.10 Å². The summed E-state index contributed by atoms with van der Waals surface area (Å²) in [7, 11) is 1.62. The third-order valence-electron chi connectivity index (χ3n) is 4.50. The summed E-state index contributed by atoms with van der Waals surface area (Å²) in [6.07, 6.45) is 0.209. The SMILES string of the molecule is COc1ccc2c(c1)/C(=N/NC(N)=S)C[C@@H](c1cc(Br)cc3c1OCOC3)O2. The zero-order valence-corrected chi connectivity index (χ0v) is 17.4. The third kappa shape index (κ3) is 3.78. The van der Waals surface area contributed by atoms with Crippen molar-refractivity contribution in [2.24, 2.45) is 10.8 Å². The van der Waals surface area contributed by atoms with Crippen LogP contribution in [-0.2, 0) is 11.3 Å². The number of halogens is 1. The minimum atomic E-state index is -0.294. The van der Waals surface area contributed by atoms with Gasteiger partial charge in [0.2, 0.25) is 0 Å². The van der Waals surface area contributed by atoms with E-state index in [0.29, 0.717) is 24.5 Å². The number of hydrogen-bond donors (Lipinski definition) is 2. The van der Waals surface area contributed by atoms with E-state index in [2.05, 4.69) is 26.5 Å². The standard InChI is InChI=1S/C19H18BrN3O4S/c1-24-12-2-3-16-13(6-12)15(22-23-19(21)28)7-17(27-16)14-5-11(20)4-10-8-25-9-26-18(10)14/h2-6,17H,7-9H2,1H3,(H3,21,23,28)/b22-15+/t17-/m0/s1. The topological polar surface area (TPSA) is 87.3 Å². The summed E-state index contributed by atoms with van der Waals surface area (Å²) in [5.74, 6) is 2.20. The number of ether oxygens (including phenoxy) is 4. The molecule has 2 aliphatic heterocycles. The number of nitrogens with two attached hydrogens (primary N) is 1. The lowest BCUT2D eigenvalue weighted by molar-refractivity contribution is -0.0183. The van der Waals surface area contributed by atoms with Gasteiger partial charge in [-0.25, -0.2) is 0 Å². The van der Waals surface area contributed by atoms with E-state index >= 15 is 0 Å². The first-order valence-electron chi connectivity index (χ1n) is 8.55. The van der Waals surface area contributed by atoms with Gasteiger partial charge in [0.05, 0.1) is 19.4 Å². The van der Waals surface area contributed by atoms with E-state index in [1.165, 1.54) is 0 Å². The molecule has 28 heavy (non-hydrogen) atoms. The van der Waals surface area contributed by atoms with Gasteiger partial charge in [0, 0.05) is 27.6 Å². The van der Waals surface area contributed by atoms with Crippen LogP contribution < -0.4 is 25.4 Å². The quantitative estimate of drug-likeness (QED) is 0.532. The molecule has 4 rings (SSSR count). The smallest absolute Gasteiger partial charge is 0.189 e. The molecule has 0 unspecified atom stereocenters. The summed E-state index contributed by atoms with van der Waals surface area (Å²) in [6.45, 7) is 0.707. The van der Waals surface area contributed by atoms with E-state index in [1.54, 1.807) is 7.11 Å². The fourth-order valence-electron chi connectivity index (χ4n) is 3.29. The number of methoxy groups -OCH3 is 1. The first-order chi connectivity index (χ1) is 13.5. The molecule has 1 atom stereocenters. The molecule has 0 aromatic heterocycles. The van der Waals surface area contributed by atoms with Gasteiger partial charge in [0.25, 0.3) is 0 Å². The fourth-order valence-corrected chi connectivity index (χ4v) is 3.86. The molecule has 0 radical (unpaired) electrons. The molecule has 2 aromatic carbocycles. The molecule has 2 heterocycles. The van der Waals surface area contributed by atoms with E-state index in [0.717, 1.165) is 32.6 Å². The molecular formula is C19H18BrN3O4S. The van der Waals surface area contributed by atoms with Gasteiger partial charge in [-0.1, -0.05) is 15.9 Å². The van der Waals surface area contributed by atoms with Crippen molar-refractivity contribution in [3.05, 3.63) is 51.5 Å². The minimum absolute atomic E-state index is 0.0975. The Labute approximate surface area is 175 Å². The maximum absolute atomic E-state index is 6.31. The number of rotatable bonds is 3. The van der Waals surface area contributed by atoms with Crippen LogP contribution in [-0.4, -0.2) is 24.7 Å². The van der Waals surface area contributed by atoms with Crippen molar-refractivity contribution in [3.63, 3.8) is 0 Å². The van der Waals surface area contributed by atoms with Crippen molar-refractivity contribution in [2.75, 3.05) is 13.9 Å². The largest absolute Gasteiger partial charge is 0.497 e. The lowest BCUT2D eigenvalue weighted by Gasteiger charge is -2.30. The van der Waals surface area contributed by atoms with E-state index in [1.807, 2.05) is 30.3 Å². The average Bonchev–Trinajstić information content (AvgIpc) is 2.70. The van der Waals surface area contributed by atoms with Crippen molar-refractivity contribution < 1.29 is 18.9 Å². The van der Waals surface area contributed by atoms with Gasteiger partial charge in [-0.3, -0.25) is 5.43 Å². The minimum Gasteiger partial charge on any atom is -0.497 e. The lowest BCUT2D eigenvalue weighted by Crippen LogP contribution is -2.29. The Morgan fingerprint density at radius 2 is 2.21 bits per heavy atom. The lowest BCUT2D eigenvalue weighted by atomic mass is 9.93. The summed E-state index contributed by atoms with van der Waals surface area (Å²) in [5.41, 5.74) is 11.7. The van der Waals surface area contributed by atoms with Crippen molar-refractivity contribution in [3.8, 4) is 17.2 Å². The van der Waals surface area contributed by atoms with Crippen LogP contribution in [0.25, 0.3) is 0 Å². The summed E-state index contributed by atoms with van der Waals surface area (Å²) < 4.78 is 23.8. The van der Waals surface area contributed by atoms with E-state index < -0.39 is 0 Å². The molecule has 0 spiro atoms. The zero-order chi connectivity index (χ0) is 19.7. The van der Waals surface area contributed by atoms with Gasteiger partial charge in [-0.15, -0.1) is 0 Å². The van der Waals surface area contributed by atoms with Gasteiger partial charge < -0.3 is 24.7 Å². The molecule has 7 nitrogen and oxygen atoms in total. The van der Waals surface area contributed by atoms with Gasteiger partial charge in [0.1, 0.15) is 23.4 Å². The van der Waals surface area contributed by atoms with Crippen LogP contribution in [0.4, 0.5) is 0 Å². The number of benzene rings is 2. The second kappa shape index (κ2) is 7.94. The first kappa shape index (κ1) is 19.0. The van der Waals surface area contributed by atoms with Crippen LogP contribution in [0, 0.1) is 0 Å². The van der Waals surface area contributed by atoms with E-state index in [9.17, 15) is 0 Å². The van der Waals surface area contributed by atoms with Gasteiger partial charge in [-0.05, 0) is 42.5 Å². The zero-order valence-electron chi connectivity index (χ0n) is 15.0. The number of hydrazone groups is 1. The number of hydrogen-bond acceptors (Lipinski definition) is 6. The first-order valence-corrected chi connectivity index (χ1v) is 9.75. The number of nitrogens with one attached hydrogen (secondary N) is 1. The van der Waals surface area contributed by atoms with Crippen LogP contribution in [0.3, 0.4) is 0 Å². The Bertz CT molecular complexity index is 966. The molecular weight excluding hydrogens is 446 g/mol. The van der Waals surface area contributed by atoms with Crippen molar-refractivity contribution in [2.45, 2.75) is 19.1 Å². The normalized spacial score (nSPS) is 19.1. The Morgan fingerprint density at radius 3 is 3.00 bits per heavy atom. The second-order valence-corrected chi connectivity index (χ2v) is 7.66. The molecule has 0 fully saturated rings. The number of nitrogens with zero attached hydrogens (tertiary/aromatic N) is 1. The maximum Gasteiger partial charge on any atom is 0.189 e. The molecule has 146 valence electrons. The second-order valence-electron chi connectivity index (χ2n) is 6.30. The monoisotopic (exact) mass is 463 g/mol. The van der Waals surface area contributed by atoms with E-state index in [4.69, 9.17) is 36.9 Å². The molecule has 0 saturated carbocycles. The number of thiocarbonyl (C=S) groups is 1. The van der Waals surface area contributed by atoms with Crippen LogP contribution in [0.1, 0.15) is 29.2 Å². The molecule has 0 amide bonds. The van der Waals surface area contributed by atoms with Crippen LogP contribution in [0.5, 0.6) is 17.2 Å². The highest BCUT2D eigenvalue weighted by Crippen LogP contribution is 2.42. The third-order valence-corrected chi connectivity index (χ3v) is 5.05. The van der Waals surface area contributed by atoms with Crippen molar-refractivity contribution in [1.82, 2.24) is 5.43 Å². The van der Waals surface area contributed by atoms with Crippen LogP contribution >= 0.6 is 28.1 Å². The summed E-state index contributed by atoms with van der Waals surface area (Å²) >= 11 is 8.46. The molecule has 3 N–H and O–H groups in total. The maximum atomic E-state index is 6.31. The average molecular weight is 464 g/mol. The molecule has 0 bridgehead atoms. The molecule has 0 saturated heterocycles. The summed E-state index contributed by atoms with van der Waals surface area (Å²) in [4.78, 5) is 0. The molecule has 9 heteroatoms. The van der Waals surface area contributed by atoms with Crippen LogP contribution in [0.2, 0.25) is 0 Å². The predicted molar refractivity (Wildman–Crippen MR) is 112 cm³/mol.